The molecule has 0 radical (unpaired) electrons. The van der Waals surface area contributed by atoms with Crippen molar-refractivity contribution in [2.75, 3.05) is 6.61 Å². The van der Waals surface area contributed by atoms with Gasteiger partial charge >= 0.3 is 5.97 Å². The van der Waals surface area contributed by atoms with Crippen molar-refractivity contribution >= 4 is 11.7 Å². The molecule has 0 atom stereocenters. The van der Waals surface area contributed by atoms with Crippen LogP contribution in [0, 0.1) is 12.3 Å². The van der Waals surface area contributed by atoms with Crippen molar-refractivity contribution < 1.29 is 14.6 Å². The molecule has 0 saturated heterocycles. The first-order valence-electron chi connectivity index (χ1n) is 5.21. The van der Waals surface area contributed by atoms with Crippen LogP contribution in [0.3, 0.4) is 0 Å². The third-order valence-electron chi connectivity index (χ3n) is 1.91. The Kier molecular flexibility index (Phi) is 5.13. The number of carbonyl (C=O) groups is 1. The van der Waals surface area contributed by atoms with E-state index in [0.29, 0.717) is 11.9 Å². The van der Waals surface area contributed by atoms with E-state index in [4.69, 9.17) is 11.5 Å². The lowest BCUT2D eigenvalue weighted by atomic mass is 10.2. The van der Waals surface area contributed by atoms with E-state index in [1.165, 1.54) is 0 Å². The molecule has 5 heteroatoms. The van der Waals surface area contributed by atoms with E-state index in [-0.39, 0.29) is 12.3 Å². The third-order valence-corrected chi connectivity index (χ3v) is 1.91. The summed E-state index contributed by atoms with van der Waals surface area (Å²) in [5.74, 6) is 1.73. The number of hydrogen-bond acceptors (Lipinski definition) is 5. The van der Waals surface area contributed by atoms with Gasteiger partial charge in [-0.2, -0.15) is 5.11 Å². The van der Waals surface area contributed by atoms with E-state index >= 15 is 0 Å². The van der Waals surface area contributed by atoms with E-state index in [1.54, 1.807) is 31.2 Å². The monoisotopic (exact) mass is 244 g/mol. The van der Waals surface area contributed by atoms with Crippen LogP contribution in [0.2, 0.25) is 0 Å². The van der Waals surface area contributed by atoms with Crippen LogP contribution in [-0.2, 0) is 9.53 Å². The zero-order valence-corrected chi connectivity index (χ0v) is 9.83. The highest BCUT2D eigenvalue weighted by Crippen LogP contribution is 2.14. The Bertz CT molecular complexity index is 510. The Morgan fingerprint density at radius 1 is 1.50 bits per heavy atom. The highest BCUT2D eigenvalue weighted by Gasteiger charge is 2.09. The number of aliphatic hydroxyl groups excluding tert-OH is 1. The normalized spacial score (nSPS) is 11.2. The minimum Gasteiger partial charge on any atom is -0.513 e. The predicted octanol–water partition coefficient (Wildman–Crippen LogP) is 2.71. The minimum absolute atomic E-state index is 0.197. The molecule has 0 saturated carbocycles. The van der Waals surface area contributed by atoms with Gasteiger partial charge < -0.3 is 9.84 Å². The summed E-state index contributed by atoms with van der Waals surface area (Å²) in [6, 6.07) is 6.69. The predicted molar refractivity (Wildman–Crippen MR) is 66.2 cm³/mol. The van der Waals surface area contributed by atoms with Crippen molar-refractivity contribution in [3.05, 3.63) is 41.8 Å². The number of aliphatic hydroxyl groups is 1. The Morgan fingerprint density at radius 2 is 2.17 bits per heavy atom. The van der Waals surface area contributed by atoms with Gasteiger partial charge in [0.25, 0.3) is 0 Å². The molecule has 0 aliphatic carbocycles. The molecule has 1 N–H and O–H groups in total. The highest BCUT2D eigenvalue weighted by atomic mass is 16.5. The molecular weight excluding hydrogens is 232 g/mol. The molecule has 1 aromatic rings. The molecule has 0 unspecified atom stereocenters. The molecule has 92 valence electrons. The average molecular weight is 244 g/mol. The molecule has 0 aromatic heterocycles. The minimum atomic E-state index is -0.732. The van der Waals surface area contributed by atoms with Crippen molar-refractivity contribution in [2.45, 2.75) is 6.92 Å². The van der Waals surface area contributed by atoms with Gasteiger partial charge in [-0.25, -0.2) is 4.79 Å². The van der Waals surface area contributed by atoms with Crippen LogP contribution < -0.4 is 0 Å². The van der Waals surface area contributed by atoms with Crippen molar-refractivity contribution in [3.63, 3.8) is 0 Å². The van der Waals surface area contributed by atoms with Crippen LogP contribution in [0.4, 0.5) is 5.69 Å². The number of benzene rings is 1. The Hall–Kier alpha value is -2.61. The van der Waals surface area contributed by atoms with Gasteiger partial charge in [-0.15, -0.1) is 11.5 Å². The molecule has 5 nitrogen and oxygen atoms in total. The zero-order valence-electron chi connectivity index (χ0n) is 9.83. The standard InChI is InChI=1S/C13H12N2O3/c1-3-10-5-7-11(8-6-10)14-15-12(9-16)13(17)18-4-2/h1,5-9,16H,4H2,2H3/b12-9-,15-14?. The van der Waals surface area contributed by atoms with Crippen LogP contribution >= 0.6 is 0 Å². The fraction of sp³-hybridized carbons (Fsp3) is 0.154. The lowest BCUT2D eigenvalue weighted by molar-refractivity contribution is -0.138. The number of terminal acetylenes is 1. The van der Waals surface area contributed by atoms with Crippen molar-refractivity contribution in [3.8, 4) is 12.3 Å². The smallest absolute Gasteiger partial charge is 0.362 e. The largest absolute Gasteiger partial charge is 0.513 e. The van der Waals surface area contributed by atoms with Crippen LogP contribution in [0.15, 0.2) is 46.5 Å². The molecule has 0 bridgehead atoms. The molecule has 0 fully saturated rings. The first-order chi connectivity index (χ1) is 8.71. The number of rotatable bonds is 4. The maximum atomic E-state index is 11.3. The highest BCUT2D eigenvalue weighted by molar-refractivity contribution is 5.87. The zero-order chi connectivity index (χ0) is 13.4. The van der Waals surface area contributed by atoms with E-state index in [2.05, 4.69) is 20.9 Å². The van der Waals surface area contributed by atoms with Crippen molar-refractivity contribution in [1.29, 1.82) is 0 Å². The summed E-state index contributed by atoms with van der Waals surface area (Å²) < 4.78 is 4.67. The van der Waals surface area contributed by atoms with Crippen LogP contribution in [0.1, 0.15) is 12.5 Å². The Morgan fingerprint density at radius 3 is 2.67 bits per heavy atom. The summed E-state index contributed by atoms with van der Waals surface area (Å²) in [5, 5.41) is 16.2. The molecule has 1 rings (SSSR count). The van der Waals surface area contributed by atoms with Crippen LogP contribution in [0.25, 0.3) is 0 Å². The quantitative estimate of drug-likeness (QED) is 0.291. The Balaban J connectivity index is 2.78. The summed E-state index contributed by atoms with van der Waals surface area (Å²) >= 11 is 0. The summed E-state index contributed by atoms with van der Waals surface area (Å²) in [4.78, 5) is 11.3. The SMILES string of the molecule is C#Cc1ccc(N=N/C(=C\O)C(=O)OCC)cc1. The summed E-state index contributed by atoms with van der Waals surface area (Å²) in [5.41, 5.74) is 0.966. The van der Waals surface area contributed by atoms with Crippen molar-refractivity contribution in [1.82, 2.24) is 0 Å². The van der Waals surface area contributed by atoms with E-state index in [0.717, 1.165) is 5.56 Å². The second-order valence-corrected chi connectivity index (χ2v) is 3.13. The lowest BCUT2D eigenvalue weighted by Crippen LogP contribution is -2.05. The molecule has 0 spiro atoms. The molecule has 0 aliphatic heterocycles. The van der Waals surface area contributed by atoms with Gasteiger partial charge in [0.15, 0.2) is 0 Å². The maximum absolute atomic E-state index is 11.3. The van der Waals surface area contributed by atoms with Crippen molar-refractivity contribution in [2.24, 2.45) is 10.2 Å². The van der Waals surface area contributed by atoms with Gasteiger partial charge in [0, 0.05) is 5.56 Å². The van der Waals surface area contributed by atoms with E-state index < -0.39 is 5.97 Å². The average Bonchev–Trinajstić information content (AvgIpc) is 2.40. The van der Waals surface area contributed by atoms with Gasteiger partial charge in [0.05, 0.1) is 12.3 Å². The topological polar surface area (TPSA) is 71.2 Å². The molecule has 0 amide bonds. The van der Waals surface area contributed by atoms with Gasteiger partial charge in [-0.3, -0.25) is 0 Å². The van der Waals surface area contributed by atoms with Gasteiger partial charge in [-0.1, -0.05) is 5.92 Å². The number of azo groups is 1. The Labute approximate surface area is 105 Å². The summed E-state index contributed by atoms with van der Waals surface area (Å²) in [6.45, 7) is 1.85. The van der Waals surface area contributed by atoms with Gasteiger partial charge in [0.1, 0.15) is 6.26 Å². The van der Waals surface area contributed by atoms with Gasteiger partial charge in [0.2, 0.25) is 5.70 Å². The number of carbonyl (C=O) groups excluding carboxylic acids is 1. The maximum Gasteiger partial charge on any atom is 0.362 e. The summed E-state index contributed by atoms with van der Waals surface area (Å²) in [7, 11) is 0. The summed E-state index contributed by atoms with van der Waals surface area (Å²) in [6.07, 6.45) is 5.76. The number of ether oxygens (including phenoxy) is 1. The number of nitrogens with zero attached hydrogens (tertiary/aromatic N) is 2. The molecule has 1 aromatic carbocycles. The molecular formula is C13H12N2O3. The second kappa shape index (κ2) is 6.86. The van der Waals surface area contributed by atoms with Crippen LogP contribution in [0.5, 0.6) is 0 Å². The van der Waals surface area contributed by atoms with E-state index in [9.17, 15) is 4.79 Å². The third kappa shape index (κ3) is 3.76. The molecule has 18 heavy (non-hydrogen) atoms. The van der Waals surface area contributed by atoms with Crippen LogP contribution in [-0.4, -0.2) is 17.7 Å². The molecule has 0 aliphatic rings. The van der Waals surface area contributed by atoms with Gasteiger partial charge in [-0.05, 0) is 31.2 Å². The fourth-order valence-corrected chi connectivity index (χ4v) is 1.06. The number of esters is 1. The lowest BCUT2D eigenvalue weighted by Gasteiger charge is -1.99. The van der Waals surface area contributed by atoms with E-state index in [1.807, 2.05) is 0 Å². The second-order valence-electron chi connectivity index (χ2n) is 3.13. The first-order valence-corrected chi connectivity index (χ1v) is 5.21. The number of hydrogen-bond donors (Lipinski definition) is 1. The first kappa shape index (κ1) is 13.5. The molecule has 0 heterocycles. The fourth-order valence-electron chi connectivity index (χ4n) is 1.06.